The largest absolute Gasteiger partial charge is 0.478 e. The monoisotopic (exact) mass is 512 g/mol. The van der Waals surface area contributed by atoms with Gasteiger partial charge >= 0.3 is 5.97 Å². The second-order valence-electron chi connectivity index (χ2n) is 8.67. The number of anilines is 1. The molecule has 192 valence electrons. The lowest BCUT2D eigenvalue weighted by Gasteiger charge is -2.21. The zero-order valence-corrected chi connectivity index (χ0v) is 21.7. The number of aromatic nitrogens is 2. The third kappa shape index (κ3) is 6.38. The molecule has 0 aliphatic heterocycles. The molecule has 0 spiro atoms. The van der Waals surface area contributed by atoms with Gasteiger partial charge in [-0.25, -0.2) is 22.9 Å². The van der Waals surface area contributed by atoms with E-state index < -0.39 is 16.0 Å². The molecule has 3 aromatic rings. The molecule has 0 amide bonds. The van der Waals surface area contributed by atoms with Crippen molar-refractivity contribution < 1.29 is 23.1 Å². The van der Waals surface area contributed by atoms with Crippen molar-refractivity contribution in [1.82, 2.24) is 9.97 Å². The summed E-state index contributed by atoms with van der Waals surface area (Å²) in [5.41, 5.74) is 9.40. The number of nitrogens with zero attached hydrogens (tertiary/aromatic N) is 2. The van der Waals surface area contributed by atoms with Crippen LogP contribution in [0.15, 0.2) is 53.4 Å². The van der Waals surface area contributed by atoms with E-state index in [1.54, 1.807) is 6.07 Å². The summed E-state index contributed by atoms with van der Waals surface area (Å²) in [6.07, 6.45) is 1.83. The van der Waals surface area contributed by atoms with Crippen LogP contribution in [0.5, 0.6) is 5.88 Å². The molecular formula is C26H32N4O5S. The molecule has 0 fully saturated rings. The lowest BCUT2D eigenvalue weighted by atomic mass is 9.95. The fourth-order valence-electron chi connectivity index (χ4n) is 4.08. The smallest absolute Gasteiger partial charge is 0.335 e. The van der Waals surface area contributed by atoms with Gasteiger partial charge in [-0.15, -0.1) is 0 Å². The van der Waals surface area contributed by atoms with Crippen molar-refractivity contribution in [1.29, 1.82) is 0 Å². The van der Waals surface area contributed by atoms with Crippen molar-refractivity contribution in [3.63, 3.8) is 0 Å². The maximum Gasteiger partial charge on any atom is 0.335 e. The molecule has 0 unspecified atom stereocenters. The normalized spacial score (nSPS) is 12.4. The molecule has 4 N–H and O–H groups in total. The van der Waals surface area contributed by atoms with E-state index in [1.807, 2.05) is 32.0 Å². The van der Waals surface area contributed by atoms with Crippen molar-refractivity contribution in [2.45, 2.75) is 51.5 Å². The summed E-state index contributed by atoms with van der Waals surface area (Å²) in [5.74, 6) is -0.961. The van der Waals surface area contributed by atoms with E-state index in [2.05, 4.69) is 28.5 Å². The second-order valence-corrected chi connectivity index (χ2v) is 10.4. The number of nitrogens with two attached hydrogens (primary N) is 1. The van der Waals surface area contributed by atoms with Gasteiger partial charge in [0.25, 0.3) is 10.0 Å². The summed E-state index contributed by atoms with van der Waals surface area (Å²) in [5, 5.41) is 9.23. The maximum atomic E-state index is 13.1. The fraction of sp³-hybridized carbons (Fsp3) is 0.346. The number of carboxylic acids is 1. The van der Waals surface area contributed by atoms with Crippen LogP contribution in [0.1, 0.15) is 48.2 Å². The number of rotatable bonds is 11. The Balaban J connectivity index is 2.02. The average molecular weight is 513 g/mol. The highest BCUT2D eigenvalue weighted by molar-refractivity contribution is 7.92. The Labute approximate surface area is 211 Å². The highest BCUT2D eigenvalue weighted by Crippen LogP contribution is 2.29. The van der Waals surface area contributed by atoms with Crippen molar-refractivity contribution in [3.05, 3.63) is 65.2 Å². The van der Waals surface area contributed by atoms with Gasteiger partial charge in [-0.05, 0) is 49.1 Å². The van der Waals surface area contributed by atoms with E-state index in [1.165, 1.54) is 18.2 Å². The van der Waals surface area contributed by atoms with Gasteiger partial charge in [0.2, 0.25) is 11.8 Å². The zero-order valence-electron chi connectivity index (χ0n) is 20.9. The number of nitrogens with one attached hydrogen (secondary N) is 1. The van der Waals surface area contributed by atoms with Crippen LogP contribution in [-0.4, -0.2) is 42.1 Å². The lowest BCUT2D eigenvalue weighted by molar-refractivity contribution is 0.0696. The van der Waals surface area contributed by atoms with Crippen molar-refractivity contribution >= 4 is 21.9 Å². The van der Waals surface area contributed by atoms with Gasteiger partial charge in [0.05, 0.1) is 16.2 Å². The van der Waals surface area contributed by atoms with Crippen molar-refractivity contribution in [2.75, 3.05) is 11.3 Å². The molecule has 9 nitrogen and oxygen atoms in total. The van der Waals surface area contributed by atoms with Gasteiger partial charge in [0.15, 0.2) is 0 Å². The van der Waals surface area contributed by atoms with E-state index in [9.17, 15) is 18.3 Å². The molecule has 3 rings (SSSR count). The molecule has 0 saturated carbocycles. The van der Waals surface area contributed by atoms with Gasteiger partial charge < -0.3 is 15.6 Å². The summed E-state index contributed by atoms with van der Waals surface area (Å²) < 4.78 is 34.4. The van der Waals surface area contributed by atoms with E-state index in [0.717, 1.165) is 35.6 Å². The summed E-state index contributed by atoms with van der Waals surface area (Å²) >= 11 is 0. The summed E-state index contributed by atoms with van der Waals surface area (Å²) in [4.78, 5) is 19.8. The number of carbonyl (C=O) groups is 1. The molecule has 0 saturated heterocycles. The van der Waals surface area contributed by atoms with Gasteiger partial charge in [-0.1, -0.05) is 51.0 Å². The first-order chi connectivity index (χ1) is 17.1. The molecule has 1 aromatic heterocycles. The van der Waals surface area contributed by atoms with E-state index in [0.29, 0.717) is 5.69 Å². The zero-order chi connectivity index (χ0) is 26.5. The molecular weight excluding hydrogens is 480 g/mol. The fourth-order valence-corrected chi connectivity index (χ4v) is 5.07. The SMILES string of the molecule is CCC(CC)[C@@H](N)COc1cc(-c2c(C)cccc2C)nc(NS(=O)(=O)c2cccc(C(=O)O)c2)n1. The minimum Gasteiger partial charge on any atom is -0.478 e. The highest BCUT2D eigenvalue weighted by Gasteiger charge is 2.21. The lowest BCUT2D eigenvalue weighted by Crippen LogP contribution is -2.35. The minimum atomic E-state index is -4.18. The first-order valence-corrected chi connectivity index (χ1v) is 13.2. The maximum absolute atomic E-state index is 13.1. The van der Waals surface area contributed by atoms with Crippen LogP contribution in [0.3, 0.4) is 0 Å². The standard InChI is InChI=1S/C26H32N4O5S/c1-5-18(6-2)21(27)15-35-23-14-22(24-16(3)9-7-10-17(24)4)28-26(29-23)30-36(33,34)20-12-8-11-19(13-20)25(31)32/h7-14,18,21H,5-6,15,27H2,1-4H3,(H,31,32)(H,28,29,30)/t21-/m0/s1. The summed E-state index contributed by atoms with van der Waals surface area (Å²) in [6.45, 7) is 8.24. The first kappa shape index (κ1) is 27.1. The molecule has 0 bridgehead atoms. The van der Waals surface area contributed by atoms with Crippen LogP contribution in [-0.2, 0) is 10.0 Å². The Morgan fingerprint density at radius 3 is 2.31 bits per heavy atom. The number of hydrogen-bond acceptors (Lipinski definition) is 7. The first-order valence-electron chi connectivity index (χ1n) is 11.8. The molecule has 36 heavy (non-hydrogen) atoms. The number of ether oxygens (including phenoxy) is 1. The van der Waals surface area contributed by atoms with Crippen LogP contribution >= 0.6 is 0 Å². The highest BCUT2D eigenvalue weighted by atomic mass is 32.2. The molecule has 0 aliphatic rings. The third-order valence-corrected chi connectivity index (χ3v) is 7.46. The van der Waals surface area contributed by atoms with Gasteiger partial charge in [0, 0.05) is 17.7 Å². The topological polar surface area (TPSA) is 144 Å². The Bertz CT molecular complexity index is 1320. The number of sulfonamides is 1. The average Bonchev–Trinajstić information content (AvgIpc) is 2.83. The summed E-state index contributed by atoms with van der Waals surface area (Å²) in [6, 6.07) is 12.3. The number of benzene rings is 2. The number of hydrogen-bond donors (Lipinski definition) is 3. The number of aromatic carboxylic acids is 1. The predicted octanol–water partition coefficient (Wildman–Crippen LogP) is 4.40. The molecule has 0 radical (unpaired) electrons. The van der Waals surface area contributed by atoms with E-state index in [-0.39, 0.29) is 40.9 Å². The van der Waals surface area contributed by atoms with Crippen molar-refractivity contribution in [3.8, 4) is 17.1 Å². The van der Waals surface area contributed by atoms with Gasteiger partial charge in [-0.3, -0.25) is 0 Å². The Kier molecular flexibility index (Phi) is 8.65. The number of carboxylic acid groups (broad SMARTS) is 1. The Morgan fingerprint density at radius 1 is 1.06 bits per heavy atom. The van der Waals surface area contributed by atoms with Crippen LogP contribution in [0.25, 0.3) is 11.3 Å². The van der Waals surface area contributed by atoms with Gasteiger partial charge in [-0.2, -0.15) is 4.98 Å². The van der Waals surface area contributed by atoms with Crippen LogP contribution < -0.4 is 15.2 Å². The van der Waals surface area contributed by atoms with Gasteiger partial charge in [0.1, 0.15) is 6.61 Å². The molecule has 10 heteroatoms. The van der Waals surface area contributed by atoms with Crippen LogP contribution in [0.4, 0.5) is 5.95 Å². The van der Waals surface area contributed by atoms with Crippen LogP contribution in [0.2, 0.25) is 0 Å². The van der Waals surface area contributed by atoms with Crippen molar-refractivity contribution in [2.24, 2.45) is 11.7 Å². The minimum absolute atomic E-state index is 0.150. The second kappa shape index (κ2) is 11.5. The van der Waals surface area contributed by atoms with Crippen LogP contribution in [0, 0.1) is 19.8 Å². The predicted molar refractivity (Wildman–Crippen MR) is 139 cm³/mol. The molecule has 0 aliphatic carbocycles. The molecule has 1 heterocycles. The molecule has 1 atom stereocenters. The number of aryl methyl sites for hydroxylation is 2. The van der Waals surface area contributed by atoms with E-state index in [4.69, 9.17) is 10.5 Å². The Morgan fingerprint density at radius 2 is 1.69 bits per heavy atom. The quantitative estimate of drug-likeness (QED) is 0.343. The third-order valence-electron chi connectivity index (χ3n) is 6.13. The summed E-state index contributed by atoms with van der Waals surface area (Å²) in [7, 11) is -4.18. The molecule has 2 aromatic carbocycles. The van der Waals surface area contributed by atoms with E-state index >= 15 is 0 Å². The Hall–Kier alpha value is -3.50.